The van der Waals surface area contributed by atoms with Gasteiger partial charge < -0.3 is 24.0 Å². The molecule has 0 saturated carbocycles. The average molecular weight is 497 g/mol. The third-order valence-electron chi connectivity index (χ3n) is 6.31. The third-order valence-corrected chi connectivity index (χ3v) is 6.31. The molecule has 0 bridgehead atoms. The minimum absolute atomic E-state index is 0.0118. The molecule has 0 spiro atoms. The normalized spacial score (nSPS) is 18.6. The Labute approximate surface area is 210 Å². The molecular formula is C27H33FN4O4. The van der Waals surface area contributed by atoms with Gasteiger partial charge in [0.15, 0.2) is 0 Å². The lowest BCUT2D eigenvalue weighted by molar-refractivity contribution is -0.132. The fourth-order valence-corrected chi connectivity index (χ4v) is 4.34. The van der Waals surface area contributed by atoms with Gasteiger partial charge in [0.2, 0.25) is 5.91 Å². The van der Waals surface area contributed by atoms with Crippen LogP contribution in [-0.4, -0.2) is 75.4 Å². The fourth-order valence-electron chi connectivity index (χ4n) is 4.34. The average Bonchev–Trinajstić information content (AvgIpc) is 3.18. The van der Waals surface area contributed by atoms with Crippen LogP contribution < -0.4 is 9.47 Å². The number of carbonyl (C=O) groups is 1. The Hall–Kier alpha value is -3.43. The smallest absolute Gasteiger partial charge is 0.219 e. The van der Waals surface area contributed by atoms with Gasteiger partial charge in [-0.25, -0.2) is 9.37 Å². The van der Waals surface area contributed by atoms with Crippen molar-refractivity contribution in [3.63, 3.8) is 0 Å². The maximum atomic E-state index is 13.2. The van der Waals surface area contributed by atoms with Crippen LogP contribution in [0.25, 0.3) is 0 Å². The van der Waals surface area contributed by atoms with E-state index < -0.39 is 5.60 Å². The number of ether oxygens (including phenoxy) is 2. The molecule has 3 aromatic rings. The number of β-amino-alcohol motifs (C(OH)–C–C–N with tert-alkyl or cyclic N) is 1. The van der Waals surface area contributed by atoms with Crippen LogP contribution in [0.2, 0.25) is 0 Å². The second-order valence-corrected chi connectivity index (χ2v) is 9.28. The van der Waals surface area contributed by atoms with Crippen LogP contribution >= 0.6 is 0 Å². The van der Waals surface area contributed by atoms with Crippen LogP contribution in [0.3, 0.4) is 0 Å². The molecule has 192 valence electrons. The van der Waals surface area contributed by atoms with Crippen LogP contribution in [0.5, 0.6) is 11.5 Å². The van der Waals surface area contributed by atoms with Crippen molar-refractivity contribution in [1.29, 1.82) is 0 Å². The molecule has 8 nitrogen and oxygen atoms in total. The molecule has 0 radical (unpaired) electrons. The van der Waals surface area contributed by atoms with Crippen LogP contribution in [-0.2, 0) is 17.9 Å². The summed E-state index contributed by atoms with van der Waals surface area (Å²) in [5, 5.41) is 11.4. The van der Waals surface area contributed by atoms with Crippen molar-refractivity contribution < 1.29 is 23.8 Å². The first-order valence-corrected chi connectivity index (χ1v) is 12.1. The number of hydrogen-bond acceptors (Lipinski definition) is 6. The molecule has 1 fully saturated rings. The van der Waals surface area contributed by atoms with Gasteiger partial charge in [0.25, 0.3) is 0 Å². The fraction of sp³-hybridized carbons (Fsp3) is 0.407. The predicted molar refractivity (Wildman–Crippen MR) is 133 cm³/mol. The lowest BCUT2D eigenvalue weighted by Gasteiger charge is -2.32. The zero-order valence-electron chi connectivity index (χ0n) is 20.8. The van der Waals surface area contributed by atoms with Crippen LogP contribution in [0, 0.1) is 12.7 Å². The summed E-state index contributed by atoms with van der Waals surface area (Å²) in [6.07, 6.45) is 3.71. The summed E-state index contributed by atoms with van der Waals surface area (Å²) in [4.78, 5) is 20.1. The van der Waals surface area contributed by atoms with E-state index in [4.69, 9.17) is 9.47 Å². The van der Waals surface area contributed by atoms with E-state index in [-0.39, 0.29) is 24.9 Å². The Bertz CT molecular complexity index is 1140. The summed E-state index contributed by atoms with van der Waals surface area (Å²) in [5.41, 5.74) is -0.198. The molecule has 1 N–H and O–H groups in total. The van der Waals surface area contributed by atoms with Crippen molar-refractivity contribution in [2.45, 2.75) is 32.5 Å². The number of halogens is 1. The Morgan fingerprint density at radius 1 is 1.06 bits per heavy atom. The third kappa shape index (κ3) is 7.05. The summed E-state index contributed by atoms with van der Waals surface area (Å²) < 4.78 is 26.9. The number of benzene rings is 2. The molecule has 1 aliphatic rings. The zero-order valence-corrected chi connectivity index (χ0v) is 20.8. The second-order valence-electron chi connectivity index (χ2n) is 9.28. The Kier molecular flexibility index (Phi) is 8.22. The molecule has 2 heterocycles. The zero-order chi connectivity index (χ0) is 25.5. The lowest BCUT2D eigenvalue weighted by Crippen LogP contribution is -2.51. The molecule has 9 heteroatoms. The largest absolute Gasteiger partial charge is 0.492 e. The van der Waals surface area contributed by atoms with E-state index in [1.807, 2.05) is 42.0 Å². The first-order valence-electron chi connectivity index (χ1n) is 12.1. The summed E-state index contributed by atoms with van der Waals surface area (Å²) >= 11 is 0. The highest BCUT2D eigenvalue weighted by molar-refractivity contribution is 5.73. The van der Waals surface area contributed by atoms with Crippen LogP contribution in [0.1, 0.15) is 18.3 Å². The number of rotatable bonds is 9. The van der Waals surface area contributed by atoms with Gasteiger partial charge in [-0.15, -0.1) is 0 Å². The van der Waals surface area contributed by atoms with Gasteiger partial charge in [-0.2, -0.15) is 0 Å². The topological polar surface area (TPSA) is 80.1 Å². The lowest BCUT2D eigenvalue weighted by atomic mass is 10.0. The number of carbonyl (C=O) groups excluding carboxylic acids is 1. The quantitative estimate of drug-likeness (QED) is 0.491. The number of aryl methyl sites for hydroxylation is 1. The van der Waals surface area contributed by atoms with Crippen molar-refractivity contribution >= 4 is 5.91 Å². The number of aromatic nitrogens is 2. The Morgan fingerprint density at radius 3 is 2.42 bits per heavy atom. The number of hydrogen-bond donors (Lipinski definition) is 1. The molecular weight excluding hydrogens is 463 g/mol. The number of nitrogens with zero attached hydrogens (tertiary/aromatic N) is 4. The van der Waals surface area contributed by atoms with E-state index in [1.54, 1.807) is 11.1 Å². The van der Waals surface area contributed by atoms with Crippen molar-refractivity contribution in [3.05, 3.63) is 78.1 Å². The van der Waals surface area contributed by atoms with E-state index in [9.17, 15) is 14.3 Å². The Balaban J connectivity index is 1.35. The predicted octanol–water partition coefficient (Wildman–Crippen LogP) is 2.88. The summed E-state index contributed by atoms with van der Waals surface area (Å²) in [6.45, 7) is 6.99. The first kappa shape index (κ1) is 25.7. The maximum Gasteiger partial charge on any atom is 0.219 e. The number of aliphatic hydroxyl groups is 1. The molecule has 1 aromatic heterocycles. The highest BCUT2D eigenvalue weighted by atomic mass is 19.1. The number of imidazole rings is 1. The minimum Gasteiger partial charge on any atom is -0.492 e. The van der Waals surface area contributed by atoms with Crippen molar-refractivity contribution in [3.8, 4) is 11.5 Å². The summed E-state index contributed by atoms with van der Waals surface area (Å²) in [6, 6.07) is 13.6. The second kappa shape index (κ2) is 11.5. The van der Waals surface area contributed by atoms with Gasteiger partial charge in [-0.05, 0) is 48.9 Å². The summed E-state index contributed by atoms with van der Waals surface area (Å²) in [7, 11) is 0. The standard InChI is InChI=1S/C27H33FN4O4/c1-21-29-11-12-31(21)15-16-35-25-7-3-23(4-8-25)17-30-13-14-32(22(2)33)19-27(34,18-30)20-36-26-9-5-24(28)6-10-26/h3-12,34H,13-20H2,1-2H3. The highest BCUT2D eigenvalue weighted by Crippen LogP contribution is 2.21. The molecule has 1 saturated heterocycles. The van der Waals surface area contributed by atoms with Gasteiger partial charge in [-0.1, -0.05) is 12.1 Å². The SMILES string of the molecule is CC(=O)N1CCN(Cc2ccc(OCCn3ccnc3C)cc2)CC(O)(COc2ccc(F)cc2)C1. The van der Waals surface area contributed by atoms with E-state index in [0.717, 1.165) is 23.7 Å². The van der Waals surface area contributed by atoms with Gasteiger partial charge in [-0.3, -0.25) is 9.69 Å². The molecule has 1 atom stereocenters. The monoisotopic (exact) mass is 496 g/mol. The maximum absolute atomic E-state index is 13.2. The van der Waals surface area contributed by atoms with E-state index >= 15 is 0 Å². The first-order chi connectivity index (χ1) is 17.3. The minimum atomic E-state index is -1.27. The molecule has 1 aliphatic heterocycles. The van der Waals surface area contributed by atoms with Crippen LogP contribution in [0.4, 0.5) is 4.39 Å². The van der Waals surface area contributed by atoms with E-state index in [2.05, 4.69) is 9.88 Å². The molecule has 0 aliphatic carbocycles. The summed E-state index contributed by atoms with van der Waals surface area (Å²) in [5.74, 6) is 1.77. The Morgan fingerprint density at radius 2 is 1.75 bits per heavy atom. The van der Waals surface area contributed by atoms with Gasteiger partial charge in [0.05, 0.1) is 13.1 Å². The highest BCUT2D eigenvalue weighted by Gasteiger charge is 2.36. The van der Waals surface area contributed by atoms with Gasteiger partial charge >= 0.3 is 0 Å². The van der Waals surface area contributed by atoms with Crippen molar-refractivity contribution in [1.82, 2.24) is 19.4 Å². The van der Waals surface area contributed by atoms with Gasteiger partial charge in [0, 0.05) is 45.5 Å². The molecule has 36 heavy (non-hydrogen) atoms. The van der Waals surface area contributed by atoms with E-state index in [0.29, 0.717) is 38.5 Å². The van der Waals surface area contributed by atoms with Crippen LogP contribution in [0.15, 0.2) is 60.9 Å². The van der Waals surface area contributed by atoms with Crippen molar-refractivity contribution in [2.75, 3.05) is 39.4 Å². The molecule has 4 rings (SSSR count). The van der Waals surface area contributed by atoms with E-state index in [1.165, 1.54) is 31.2 Å². The molecule has 1 unspecified atom stereocenters. The van der Waals surface area contributed by atoms with Crippen molar-refractivity contribution in [2.24, 2.45) is 0 Å². The van der Waals surface area contributed by atoms with Gasteiger partial charge in [0.1, 0.15) is 42.0 Å². The molecule has 2 aromatic carbocycles. The number of amides is 1. The molecule has 1 amide bonds.